The molecule has 0 heterocycles. The summed E-state index contributed by atoms with van der Waals surface area (Å²) in [6.07, 6.45) is 1.62. The molecule has 0 radical (unpaired) electrons. The van der Waals surface area contributed by atoms with Gasteiger partial charge in [0.1, 0.15) is 5.60 Å². The van der Waals surface area contributed by atoms with Gasteiger partial charge in [-0.1, -0.05) is 13.8 Å². The second kappa shape index (κ2) is 4.79. The zero-order valence-corrected chi connectivity index (χ0v) is 15.9. The van der Waals surface area contributed by atoms with Gasteiger partial charge in [0, 0.05) is 17.3 Å². The molecule has 5 heteroatoms. The average Bonchev–Trinajstić information content (AvgIpc) is 2.74. The minimum absolute atomic E-state index is 0.229. The fourth-order valence-corrected chi connectivity index (χ4v) is 7.86. The lowest BCUT2D eigenvalue weighted by Crippen LogP contribution is -2.60. The molecule has 0 aromatic heterocycles. The third kappa shape index (κ3) is 1.92. The molecule has 25 heavy (non-hydrogen) atoms. The number of aliphatic hydroxyl groups is 5. The molecule has 2 bridgehead atoms. The first-order valence-electron chi connectivity index (χ1n) is 9.84. The maximum absolute atomic E-state index is 11.7. The van der Waals surface area contributed by atoms with E-state index in [0.29, 0.717) is 25.7 Å². The van der Waals surface area contributed by atoms with Gasteiger partial charge in [0.15, 0.2) is 0 Å². The van der Waals surface area contributed by atoms with Crippen LogP contribution in [0.4, 0.5) is 0 Å². The molecule has 0 aliphatic heterocycles. The highest BCUT2D eigenvalue weighted by Crippen LogP contribution is 2.69. The Hall–Kier alpha value is -0.200. The maximum Gasteiger partial charge on any atom is 0.101 e. The van der Waals surface area contributed by atoms with Crippen molar-refractivity contribution in [3.8, 4) is 0 Å². The summed E-state index contributed by atoms with van der Waals surface area (Å²) in [4.78, 5) is 0. The van der Waals surface area contributed by atoms with Crippen LogP contribution in [0.3, 0.4) is 0 Å². The summed E-state index contributed by atoms with van der Waals surface area (Å²) >= 11 is 0. The van der Waals surface area contributed by atoms with E-state index in [-0.39, 0.29) is 18.3 Å². The van der Waals surface area contributed by atoms with Crippen LogP contribution >= 0.6 is 0 Å². The van der Waals surface area contributed by atoms with Crippen molar-refractivity contribution in [1.29, 1.82) is 0 Å². The van der Waals surface area contributed by atoms with Gasteiger partial charge in [0.25, 0.3) is 0 Å². The molecule has 5 N–H and O–H groups in total. The lowest BCUT2D eigenvalue weighted by molar-refractivity contribution is -0.196. The molecular weight excluding hydrogens is 320 g/mol. The first kappa shape index (κ1) is 18.2. The van der Waals surface area contributed by atoms with Crippen LogP contribution in [0.25, 0.3) is 0 Å². The molecule has 0 saturated heterocycles. The van der Waals surface area contributed by atoms with Crippen molar-refractivity contribution in [1.82, 2.24) is 0 Å². The number of hydrogen-bond acceptors (Lipinski definition) is 5. The van der Waals surface area contributed by atoms with Crippen molar-refractivity contribution in [2.24, 2.45) is 28.6 Å². The van der Waals surface area contributed by atoms with E-state index in [2.05, 4.69) is 0 Å². The summed E-state index contributed by atoms with van der Waals surface area (Å²) in [5, 5.41) is 56.5. The van der Waals surface area contributed by atoms with Gasteiger partial charge in [-0.3, -0.25) is 0 Å². The average molecular weight is 354 g/mol. The molecule has 4 aliphatic carbocycles. The molecular formula is C20H34O5. The summed E-state index contributed by atoms with van der Waals surface area (Å²) in [5.41, 5.74) is -4.82. The van der Waals surface area contributed by atoms with Crippen molar-refractivity contribution >= 4 is 0 Å². The molecule has 9 atom stereocenters. The molecule has 5 nitrogen and oxygen atoms in total. The van der Waals surface area contributed by atoms with Crippen molar-refractivity contribution < 1.29 is 25.5 Å². The molecule has 4 rings (SSSR count). The summed E-state index contributed by atoms with van der Waals surface area (Å²) < 4.78 is 0. The van der Waals surface area contributed by atoms with Crippen molar-refractivity contribution in [3.63, 3.8) is 0 Å². The Balaban J connectivity index is 1.89. The Morgan fingerprint density at radius 1 is 0.840 bits per heavy atom. The summed E-state index contributed by atoms with van der Waals surface area (Å²) in [6.45, 7) is 7.48. The quantitative estimate of drug-likeness (QED) is 0.450. The zero-order valence-electron chi connectivity index (χ0n) is 15.9. The van der Waals surface area contributed by atoms with E-state index in [1.807, 2.05) is 13.8 Å². The first-order chi connectivity index (χ1) is 11.3. The Bertz CT molecular complexity index is 585. The van der Waals surface area contributed by atoms with Crippen LogP contribution in [0.1, 0.15) is 66.2 Å². The monoisotopic (exact) mass is 354 g/mol. The van der Waals surface area contributed by atoms with Gasteiger partial charge >= 0.3 is 0 Å². The number of hydrogen-bond donors (Lipinski definition) is 5. The molecule has 144 valence electrons. The van der Waals surface area contributed by atoms with E-state index in [1.54, 1.807) is 13.8 Å². The number of aliphatic hydroxyl groups excluding tert-OH is 2. The third-order valence-electron chi connectivity index (χ3n) is 9.08. The van der Waals surface area contributed by atoms with E-state index in [1.165, 1.54) is 0 Å². The van der Waals surface area contributed by atoms with E-state index >= 15 is 0 Å². The lowest BCUT2D eigenvalue weighted by atomic mass is 9.57. The Labute approximate surface area is 150 Å². The van der Waals surface area contributed by atoms with Gasteiger partial charge in [-0.15, -0.1) is 0 Å². The Kier molecular flexibility index (Phi) is 3.49. The largest absolute Gasteiger partial charge is 0.392 e. The van der Waals surface area contributed by atoms with E-state index in [9.17, 15) is 25.5 Å². The predicted octanol–water partition coefficient (Wildman–Crippen LogP) is 1.20. The molecule has 4 saturated carbocycles. The van der Waals surface area contributed by atoms with Crippen LogP contribution in [0.5, 0.6) is 0 Å². The number of fused-ring (bicyclic) bond motifs is 2. The standard InChI is InChI=1S/C20H34O5/c1-16(2)8-7-13-18(4,24)12-6-5-11-15(22)19(12,10-17(11,3)23)9-14(21)20(13,16)25/h11-15,21-25H,5-10H2,1-4H3/t11?,12-,13-,14-,15-,17+,18+,19?,20-/m0/s1. The van der Waals surface area contributed by atoms with Gasteiger partial charge in [0.05, 0.1) is 23.4 Å². The first-order valence-corrected chi connectivity index (χ1v) is 9.84. The highest BCUT2D eigenvalue weighted by atomic mass is 16.4. The van der Waals surface area contributed by atoms with Crippen molar-refractivity contribution in [2.75, 3.05) is 0 Å². The Morgan fingerprint density at radius 3 is 2.12 bits per heavy atom. The maximum atomic E-state index is 11.7. The van der Waals surface area contributed by atoms with E-state index in [0.717, 1.165) is 6.42 Å². The molecule has 4 fully saturated rings. The van der Waals surface area contributed by atoms with E-state index in [4.69, 9.17) is 0 Å². The van der Waals surface area contributed by atoms with Crippen molar-refractivity contribution in [2.45, 2.75) is 95.2 Å². The molecule has 1 spiro atoms. The minimum Gasteiger partial charge on any atom is -0.392 e. The second-order valence-electron chi connectivity index (χ2n) is 10.7. The van der Waals surface area contributed by atoms with Gasteiger partial charge < -0.3 is 25.5 Å². The minimum atomic E-state index is -1.38. The zero-order chi connectivity index (χ0) is 18.6. The van der Waals surface area contributed by atoms with Crippen molar-refractivity contribution in [3.05, 3.63) is 0 Å². The third-order valence-corrected chi connectivity index (χ3v) is 9.08. The van der Waals surface area contributed by atoms with Crippen LogP contribution in [0, 0.1) is 28.6 Å². The molecule has 2 unspecified atom stereocenters. The molecule has 0 amide bonds. The van der Waals surface area contributed by atoms with Gasteiger partial charge in [-0.2, -0.15) is 0 Å². The SMILES string of the molecule is CC1(C)CC[C@H]2[C@](C)(O)[C@@H]3CCC4[C@H](O)C3(C[C@H](O)[C@@]21O)C[C@@]4(C)O. The van der Waals surface area contributed by atoms with Crippen LogP contribution in [0.2, 0.25) is 0 Å². The van der Waals surface area contributed by atoms with Crippen LogP contribution in [-0.2, 0) is 0 Å². The highest BCUT2D eigenvalue weighted by molar-refractivity contribution is 5.24. The summed E-state index contributed by atoms with van der Waals surface area (Å²) in [6, 6.07) is 0. The van der Waals surface area contributed by atoms with Gasteiger partial charge in [-0.25, -0.2) is 0 Å². The lowest BCUT2D eigenvalue weighted by Gasteiger charge is -2.51. The Morgan fingerprint density at radius 2 is 1.48 bits per heavy atom. The molecule has 4 aliphatic rings. The topological polar surface area (TPSA) is 101 Å². The fourth-order valence-electron chi connectivity index (χ4n) is 7.86. The predicted molar refractivity (Wildman–Crippen MR) is 92.6 cm³/mol. The van der Waals surface area contributed by atoms with E-state index < -0.39 is 45.8 Å². The fraction of sp³-hybridized carbons (Fsp3) is 1.00. The van der Waals surface area contributed by atoms with Crippen LogP contribution in [0.15, 0.2) is 0 Å². The second-order valence-corrected chi connectivity index (χ2v) is 10.7. The number of rotatable bonds is 0. The van der Waals surface area contributed by atoms with Gasteiger partial charge in [-0.05, 0) is 63.7 Å². The molecule has 0 aromatic rings. The summed E-state index contributed by atoms with van der Waals surface area (Å²) in [5.74, 6) is -0.890. The smallest absolute Gasteiger partial charge is 0.101 e. The summed E-state index contributed by atoms with van der Waals surface area (Å²) in [7, 11) is 0. The van der Waals surface area contributed by atoms with Crippen LogP contribution < -0.4 is 0 Å². The van der Waals surface area contributed by atoms with Crippen LogP contribution in [-0.4, -0.2) is 54.5 Å². The normalized spacial score (nSPS) is 63.0. The highest BCUT2D eigenvalue weighted by Gasteiger charge is 2.74. The van der Waals surface area contributed by atoms with Gasteiger partial charge in [0.2, 0.25) is 0 Å². The molecule has 0 aromatic carbocycles.